The Kier molecular flexibility index (Phi) is 27.0. The van der Waals surface area contributed by atoms with Crippen LogP contribution in [0, 0.1) is 20.8 Å². The molecule has 0 unspecified atom stereocenters. The monoisotopic (exact) mass is 375 g/mol. The van der Waals surface area contributed by atoms with Crippen LogP contribution in [0.3, 0.4) is 0 Å². The number of hydrogen-bond acceptors (Lipinski definition) is 9. The molecule has 0 spiro atoms. The zero-order valence-corrected chi connectivity index (χ0v) is 18.0. The second-order valence-electron chi connectivity index (χ2n) is 3.68. The molecule has 0 aliphatic rings. The van der Waals surface area contributed by atoms with Gasteiger partial charge in [0.15, 0.2) is 0 Å². The maximum atomic E-state index is 3.81. The van der Waals surface area contributed by atoms with Crippen LogP contribution in [0.1, 0.15) is 58.8 Å². The van der Waals surface area contributed by atoms with Crippen molar-refractivity contribution in [3.8, 4) is 0 Å². The minimum atomic E-state index is 0.759. The lowest BCUT2D eigenvalue weighted by molar-refractivity contribution is 0.925. The summed E-state index contributed by atoms with van der Waals surface area (Å²) in [7, 11) is 0. The van der Waals surface area contributed by atoms with Gasteiger partial charge in [-0.2, -0.15) is 10.2 Å². The summed E-state index contributed by atoms with van der Waals surface area (Å²) in [6.07, 6.45) is 9.06. The van der Waals surface area contributed by atoms with Gasteiger partial charge >= 0.3 is 0 Å². The van der Waals surface area contributed by atoms with Gasteiger partial charge in [0.05, 0.1) is 23.8 Å². The fraction of sp³-hybridized carbons (Fsp3) is 0.500. The molecule has 0 saturated carbocycles. The SMILES string of the molecule is CC.CC.CC.Cc1cncnn1.Cc1cnncn1.Cc1ncncn1. The van der Waals surface area contributed by atoms with Crippen LogP contribution in [-0.4, -0.2) is 45.3 Å². The first-order valence-corrected chi connectivity index (χ1v) is 8.95. The predicted octanol–water partition coefficient (Wildman–Crippen LogP) is 3.62. The standard InChI is InChI=1S/3C4H5N3.3C2H6/c1-4-6-2-5-3-7-4;1-4-2-6-7-3-5-4;1-4-2-5-3-6-7-4;3*1-2/h3*2-3H,1H3;3*1-2H3. The number of hydrogen-bond donors (Lipinski definition) is 0. The molecule has 0 saturated heterocycles. The minimum absolute atomic E-state index is 0.759. The molecular formula is C18H33N9. The molecule has 150 valence electrons. The molecule has 3 aromatic rings. The average Bonchev–Trinajstić information content (AvgIpc) is 2.75. The largest absolute Gasteiger partial charge is 0.241 e. The van der Waals surface area contributed by atoms with E-state index in [2.05, 4.69) is 45.3 Å². The van der Waals surface area contributed by atoms with Crippen LogP contribution in [0.2, 0.25) is 0 Å². The van der Waals surface area contributed by atoms with Crippen molar-refractivity contribution in [3.05, 3.63) is 54.9 Å². The van der Waals surface area contributed by atoms with E-state index in [1.54, 1.807) is 12.4 Å². The summed E-state index contributed by atoms with van der Waals surface area (Å²) in [6.45, 7) is 17.5. The fourth-order valence-corrected chi connectivity index (χ4v) is 0.908. The van der Waals surface area contributed by atoms with Gasteiger partial charge < -0.3 is 0 Å². The van der Waals surface area contributed by atoms with Gasteiger partial charge in [-0.3, -0.25) is 0 Å². The molecule has 3 aromatic heterocycles. The molecule has 27 heavy (non-hydrogen) atoms. The van der Waals surface area contributed by atoms with E-state index in [1.807, 2.05) is 62.3 Å². The molecule has 0 fully saturated rings. The van der Waals surface area contributed by atoms with E-state index < -0.39 is 0 Å². The summed E-state index contributed by atoms with van der Waals surface area (Å²) in [6, 6.07) is 0. The van der Waals surface area contributed by atoms with E-state index in [4.69, 9.17) is 0 Å². The summed E-state index contributed by atoms with van der Waals surface area (Å²) in [4.78, 5) is 18.7. The zero-order valence-electron chi connectivity index (χ0n) is 18.0. The van der Waals surface area contributed by atoms with Crippen LogP contribution in [0.4, 0.5) is 0 Å². The Morgan fingerprint density at radius 3 is 1.33 bits per heavy atom. The lowest BCUT2D eigenvalue weighted by atomic mass is 10.6. The topological polar surface area (TPSA) is 116 Å². The van der Waals surface area contributed by atoms with Gasteiger partial charge in [-0.25, -0.2) is 24.9 Å². The lowest BCUT2D eigenvalue weighted by Gasteiger charge is -1.80. The van der Waals surface area contributed by atoms with Gasteiger partial charge in [-0.1, -0.05) is 41.5 Å². The molecule has 3 rings (SSSR count). The van der Waals surface area contributed by atoms with Gasteiger partial charge in [0.2, 0.25) is 0 Å². The quantitative estimate of drug-likeness (QED) is 0.580. The van der Waals surface area contributed by atoms with E-state index in [9.17, 15) is 0 Å². The van der Waals surface area contributed by atoms with Gasteiger partial charge in [0.25, 0.3) is 0 Å². The number of aromatic nitrogens is 9. The molecule has 0 amide bonds. The van der Waals surface area contributed by atoms with Crippen LogP contribution in [0.25, 0.3) is 0 Å². The third-order valence-corrected chi connectivity index (χ3v) is 1.84. The fourth-order valence-electron chi connectivity index (χ4n) is 0.908. The molecule has 9 heteroatoms. The summed E-state index contributed by atoms with van der Waals surface area (Å²) in [5, 5.41) is 14.2. The highest BCUT2D eigenvalue weighted by Gasteiger charge is 1.77. The zero-order chi connectivity index (χ0) is 21.3. The van der Waals surface area contributed by atoms with Crippen molar-refractivity contribution in [1.82, 2.24) is 45.3 Å². The van der Waals surface area contributed by atoms with Crippen LogP contribution in [0.15, 0.2) is 37.7 Å². The molecule has 0 aromatic carbocycles. The third kappa shape index (κ3) is 23.0. The molecule has 0 aliphatic heterocycles. The molecule has 0 radical (unpaired) electrons. The highest BCUT2D eigenvalue weighted by molar-refractivity contribution is 4.84. The Labute approximate surface area is 163 Å². The number of nitrogens with zero attached hydrogens (tertiary/aromatic N) is 9. The van der Waals surface area contributed by atoms with E-state index >= 15 is 0 Å². The molecule has 0 N–H and O–H groups in total. The third-order valence-electron chi connectivity index (χ3n) is 1.84. The Morgan fingerprint density at radius 2 is 1.11 bits per heavy atom. The predicted molar refractivity (Wildman–Crippen MR) is 108 cm³/mol. The molecule has 3 heterocycles. The first-order chi connectivity index (χ1) is 13.2. The Hall–Kier alpha value is -2.97. The van der Waals surface area contributed by atoms with Crippen molar-refractivity contribution < 1.29 is 0 Å². The van der Waals surface area contributed by atoms with Gasteiger partial charge in [0.1, 0.15) is 31.1 Å². The Balaban J connectivity index is -0.000000281. The summed E-state index contributed by atoms with van der Waals surface area (Å²) >= 11 is 0. The normalized spacial score (nSPS) is 7.44. The van der Waals surface area contributed by atoms with Crippen molar-refractivity contribution in [1.29, 1.82) is 0 Å². The minimum Gasteiger partial charge on any atom is -0.241 e. The van der Waals surface area contributed by atoms with E-state index in [0.29, 0.717) is 0 Å². The average molecular weight is 376 g/mol. The van der Waals surface area contributed by atoms with Gasteiger partial charge in [-0.05, 0) is 20.8 Å². The van der Waals surface area contributed by atoms with Crippen molar-refractivity contribution in [2.75, 3.05) is 0 Å². The first kappa shape index (κ1) is 28.8. The van der Waals surface area contributed by atoms with Crippen molar-refractivity contribution >= 4 is 0 Å². The maximum absolute atomic E-state index is 3.81. The number of aryl methyl sites for hydroxylation is 3. The molecule has 0 atom stereocenters. The van der Waals surface area contributed by atoms with Crippen molar-refractivity contribution in [2.45, 2.75) is 62.3 Å². The van der Waals surface area contributed by atoms with Crippen molar-refractivity contribution in [2.24, 2.45) is 0 Å². The molecule has 0 bridgehead atoms. The summed E-state index contributed by atoms with van der Waals surface area (Å²) < 4.78 is 0. The van der Waals surface area contributed by atoms with Crippen LogP contribution in [0.5, 0.6) is 0 Å². The molecule has 0 aliphatic carbocycles. The van der Waals surface area contributed by atoms with E-state index in [-0.39, 0.29) is 0 Å². The highest BCUT2D eigenvalue weighted by atomic mass is 15.1. The summed E-state index contributed by atoms with van der Waals surface area (Å²) in [5.74, 6) is 0.759. The van der Waals surface area contributed by atoms with Crippen LogP contribution in [-0.2, 0) is 0 Å². The smallest absolute Gasteiger partial charge is 0.138 e. The van der Waals surface area contributed by atoms with E-state index in [1.165, 1.54) is 25.3 Å². The number of rotatable bonds is 0. The lowest BCUT2D eigenvalue weighted by Crippen LogP contribution is -1.84. The van der Waals surface area contributed by atoms with Crippen LogP contribution < -0.4 is 0 Å². The summed E-state index contributed by atoms with van der Waals surface area (Å²) in [5.41, 5.74) is 1.75. The Bertz CT molecular complexity index is 504. The van der Waals surface area contributed by atoms with Gasteiger partial charge in [0, 0.05) is 0 Å². The Morgan fingerprint density at radius 1 is 0.519 bits per heavy atom. The highest BCUT2D eigenvalue weighted by Crippen LogP contribution is 1.78. The van der Waals surface area contributed by atoms with Gasteiger partial charge in [-0.15, -0.1) is 10.2 Å². The molecule has 9 nitrogen and oxygen atoms in total. The van der Waals surface area contributed by atoms with Crippen molar-refractivity contribution in [3.63, 3.8) is 0 Å². The van der Waals surface area contributed by atoms with E-state index in [0.717, 1.165) is 17.2 Å². The van der Waals surface area contributed by atoms with Crippen LogP contribution >= 0.6 is 0 Å². The first-order valence-electron chi connectivity index (χ1n) is 8.95. The second kappa shape index (κ2) is 25.3. The maximum Gasteiger partial charge on any atom is 0.138 e. The second-order valence-corrected chi connectivity index (χ2v) is 3.68. The molecular weight excluding hydrogens is 342 g/mol.